The molecule has 112 valence electrons. The monoisotopic (exact) mass is 305 g/mol. The summed E-state index contributed by atoms with van der Waals surface area (Å²) in [6.45, 7) is 1.28. The molecule has 5 heteroatoms. The summed E-state index contributed by atoms with van der Waals surface area (Å²) in [5, 5.41) is 4.96. The molecule has 1 aliphatic carbocycles. The molecule has 0 amide bonds. The van der Waals surface area contributed by atoms with Gasteiger partial charge in [-0.25, -0.2) is 0 Å². The van der Waals surface area contributed by atoms with Crippen molar-refractivity contribution in [1.29, 1.82) is 0 Å². The SMILES string of the molecule is COCCn1ncc(Cl)c1C(N)C1CC1c1ccccc1. The summed E-state index contributed by atoms with van der Waals surface area (Å²) in [6.07, 6.45) is 2.78. The lowest BCUT2D eigenvalue weighted by molar-refractivity contribution is 0.181. The number of aromatic nitrogens is 2. The van der Waals surface area contributed by atoms with Crippen LogP contribution in [0, 0.1) is 5.92 Å². The predicted molar refractivity (Wildman–Crippen MR) is 83.3 cm³/mol. The maximum Gasteiger partial charge on any atom is 0.0834 e. The van der Waals surface area contributed by atoms with E-state index in [9.17, 15) is 0 Å². The van der Waals surface area contributed by atoms with Gasteiger partial charge in [-0.2, -0.15) is 5.10 Å². The zero-order valence-corrected chi connectivity index (χ0v) is 12.8. The third-order valence-corrected chi connectivity index (χ3v) is 4.48. The van der Waals surface area contributed by atoms with Gasteiger partial charge in [-0.3, -0.25) is 4.68 Å². The molecule has 3 unspecified atom stereocenters. The zero-order chi connectivity index (χ0) is 14.8. The van der Waals surface area contributed by atoms with Crippen molar-refractivity contribution in [1.82, 2.24) is 9.78 Å². The molecule has 4 nitrogen and oxygen atoms in total. The highest BCUT2D eigenvalue weighted by molar-refractivity contribution is 6.31. The van der Waals surface area contributed by atoms with Crippen molar-refractivity contribution in [3.05, 3.63) is 52.8 Å². The van der Waals surface area contributed by atoms with Gasteiger partial charge in [0.15, 0.2) is 0 Å². The molecule has 1 aromatic carbocycles. The van der Waals surface area contributed by atoms with E-state index < -0.39 is 0 Å². The summed E-state index contributed by atoms with van der Waals surface area (Å²) < 4.78 is 6.98. The average Bonchev–Trinajstić information content (AvgIpc) is 3.23. The average molecular weight is 306 g/mol. The summed E-state index contributed by atoms with van der Waals surface area (Å²) in [7, 11) is 1.68. The summed E-state index contributed by atoms with van der Waals surface area (Å²) in [4.78, 5) is 0. The van der Waals surface area contributed by atoms with Crippen LogP contribution in [0.5, 0.6) is 0 Å². The Balaban J connectivity index is 1.75. The Morgan fingerprint density at radius 3 is 2.90 bits per heavy atom. The van der Waals surface area contributed by atoms with Crippen LogP contribution in [-0.2, 0) is 11.3 Å². The highest BCUT2D eigenvalue weighted by atomic mass is 35.5. The first-order chi connectivity index (χ1) is 10.2. The molecule has 1 aliphatic rings. The quantitative estimate of drug-likeness (QED) is 0.892. The first-order valence-electron chi connectivity index (χ1n) is 7.23. The molecule has 2 N–H and O–H groups in total. The number of methoxy groups -OCH3 is 1. The number of hydrogen-bond donors (Lipinski definition) is 1. The van der Waals surface area contributed by atoms with Gasteiger partial charge in [0.05, 0.1) is 36.1 Å². The third kappa shape index (κ3) is 2.98. The molecular weight excluding hydrogens is 286 g/mol. The van der Waals surface area contributed by atoms with Crippen LogP contribution in [0.1, 0.15) is 29.6 Å². The van der Waals surface area contributed by atoms with E-state index in [1.165, 1.54) is 5.56 Å². The Labute approximate surface area is 129 Å². The van der Waals surface area contributed by atoms with E-state index in [0.717, 1.165) is 12.1 Å². The van der Waals surface area contributed by atoms with Crippen LogP contribution in [0.3, 0.4) is 0 Å². The van der Waals surface area contributed by atoms with Crippen molar-refractivity contribution in [2.75, 3.05) is 13.7 Å². The maximum absolute atomic E-state index is 6.46. The number of hydrogen-bond acceptors (Lipinski definition) is 3. The van der Waals surface area contributed by atoms with E-state index >= 15 is 0 Å². The van der Waals surface area contributed by atoms with Crippen molar-refractivity contribution in [3.8, 4) is 0 Å². The van der Waals surface area contributed by atoms with E-state index in [4.69, 9.17) is 22.1 Å². The highest BCUT2D eigenvalue weighted by Gasteiger charge is 2.44. The highest BCUT2D eigenvalue weighted by Crippen LogP contribution is 2.53. The van der Waals surface area contributed by atoms with Crippen LogP contribution in [-0.4, -0.2) is 23.5 Å². The second kappa shape index (κ2) is 6.18. The first-order valence-corrected chi connectivity index (χ1v) is 7.61. The van der Waals surface area contributed by atoms with Crippen LogP contribution < -0.4 is 5.73 Å². The van der Waals surface area contributed by atoms with Gasteiger partial charge in [0.1, 0.15) is 0 Å². The normalized spacial score (nSPS) is 22.2. The fourth-order valence-electron chi connectivity index (χ4n) is 2.96. The van der Waals surface area contributed by atoms with Gasteiger partial charge in [0, 0.05) is 7.11 Å². The van der Waals surface area contributed by atoms with Crippen molar-refractivity contribution >= 4 is 11.6 Å². The Hall–Kier alpha value is -1.36. The third-order valence-electron chi connectivity index (χ3n) is 4.18. The minimum atomic E-state index is -0.0814. The Bertz CT molecular complexity index is 599. The summed E-state index contributed by atoms with van der Waals surface area (Å²) in [5.41, 5.74) is 8.75. The van der Waals surface area contributed by atoms with Crippen LogP contribution in [0.25, 0.3) is 0 Å². The molecular formula is C16H20ClN3O. The standard InChI is InChI=1S/C16H20ClN3O/c1-21-8-7-20-16(14(17)10-19-20)15(18)13-9-12(13)11-5-3-2-4-6-11/h2-6,10,12-13,15H,7-9,18H2,1H3. The number of ether oxygens (including phenoxy) is 1. The van der Waals surface area contributed by atoms with E-state index in [0.29, 0.717) is 30.0 Å². The minimum absolute atomic E-state index is 0.0814. The number of nitrogens with zero attached hydrogens (tertiary/aromatic N) is 2. The van der Waals surface area contributed by atoms with Gasteiger partial charge in [0.2, 0.25) is 0 Å². The van der Waals surface area contributed by atoms with Gasteiger partial charge in [-0.1, -0.05) is 41.9 Å². The van der Waals surface area contributed by atoms with E-state index in [1.54, 1.807) is 13.3 Å². The molecule has 1 aromatic heterocycles. The van der Waals surface area contributed by atoms with Crippen LogP contribution >= 0.6 is 11.6 Å². The van der Waals surface area contributed by atoms with Gasteiger partial charge in [-0.15, -0.1) is 0 Å². The number of rotatable bonds is 6. The lowest BCUT2D eigenvalue weighted by Crippen LogP contribution is -2.20. The number of nitrogens with two attached hydrogens (primary N) is 1. The molecule has 1 saturated carbocycles. The lowest BCUT2D eigenvalue weighted by Gasteiger charge is -2.15. The number of benzene rings is 1. The molecule has 1 fully saturated rings. The van der Waals surface area contributed by atoms with E-state index in [-0.39, 0.29) is 6.04 Å². The second-order valence-corrected chi connectivity index (χ2v) is 5.94. The van der Waals surface area contributed by atoms with Gasteiger partial charge < -0.3 is 10.5 Å². The molecule has 0 radical (unpaired) electrons. The fraction of sp³-hybridized carbons (Fsp3) is 0.438. The van der Waals surface area contributed by atoms with Crippen molar-refractivity contribution < 1.29 is 4.74 Å². The molecule has 0 aliphatic heterocycles. The molecule has 0 saturated heterocycles. The topological polar surface area (TPSA) is 53.1 Å². The van der Waals surface area contributed by atoms with Crippen LogP contribution in [0.4, 0.5) is 0 Å². The summed E-state index contributed by atoms with van der Waals surface area (Å²) >= 11 is 6.28. The maximum atomic E-state index is 6.46. The first kappa shape index (κ1) is 14.6. The van der Waals surface area contributed by atoms with E-state index in [1.807, 2.05) is 10.7 Å². The molecule has 21 heavy (non-hydrogen) atoms. The molecule has 2 aromatic rings. The van der Waals surface area contributed by atoms with Gasteiger partial charge in [0.25, 0.3) is 0 Å². The molecule has 0 bridgehead atoms. The Morgan fingerprint density at radius 1 is 1.43 bits per heavy atom. The van der Waals surface area contributed by atoms with Gasteiger partial charge in [-0.05, 0) is 23.8 Å². The Kier molecular flexibility index (Phi) is 4.29. The zero-order valence-electron chi connectivity index (χ0n) is 12.1. The lowest BCUT2D eigenvalue weighted by atomic mass is 10.0. The Morgan fingerprint density at radius 2 is 2.19 bits per heavy atom. The van der Waals surface area contributed by atoms with Crippen molar-refractivity contribution in [2.24, 2.45) is 11.7 Å². The molecule has 3 rings (SSSR count). The van der Waals surface area contributed by atoms with Crippen molar-refractivity contribution in [2.45, 2.75) is 24.9 Å². The second-order valence-electron chi connectivity index (χ2n) is 5.54. The number of halogens is 1. The predicted octanol–water partition coefficient (Wildman–Crippen LogP) is 2.99. The van der Waals surface area contributed by atoms with Crippen LogP contribution in [0.15, 0.2) is 36.5 Å². The fourth-order valence-corrected chi connectivity index (χ4v) is 3.22. The van der Waals surface area contributed by atoms with Crippen molar-refractivity contribution in [3.63, 3.8) is 0 Å². The molecule has 3 atom stereocenters. The van der Waals surface area contributed by atoms with E-state index in [2.05, 4.69) is 29.4 Å². The molecule has 1 heterocycles. The summed E-state index contributed by atoms with van der Waals surface area (Å²) in [5.74, 6) is 0.964. The smallest absolute Gasteiger partial charge is 0.0834 e. The minimum Gasteiger partial charge on any atom is -0.383 e. The van der Waals surface area contributed by atoms with Gasteiger partial charge >= 0.3 is 0 Å². The molecule has 0 spiro atoms. The van der Waals surface area contributed by atoms with Crippen LogP contribution in [0.2, 0.25) is 5.02 Å². The summed E-state index contributed by atoms with van der Waals surface area (Å²) in [6, 6.07) is 10.4. The largest absolute Gasteiger partial charge is 0.383 e.